The topological polar surface area (TPSA) is 144 Å². The highest BCUT2D eigenvalue weighted by molar-refractivity contribution is 7.85. The molecule has 0 saturated carbocycles. The summed E-state index contributed by atoms with van der Waals surface area (Å²) in [4.78, 5) is 27.3. The number of benzene rings is 2. The van der Waals surface area contributed by atoms with E-state index in [0.29, 0.717) is 11.1 Å². The van der Waals surface area contributed by atoms with Crippen LogP contribution in [0.1, 0.15) is 21.7 Å². The fourth-order valence-corrected chi connectivity index (χ4v) is 3.16. The van der Waals surface area contributed by atoms with Crippen molar-refractivity contribution >= 4 is 39.9 Å². The molecule has 0 atom stereocenters. The highest BCUT2D eigenvalue weighted by Gasteiger charge is 2.14. The first kappa shape index (κ1) is 24.4. The number of amides is 2. The molecule has 0 unspecified atom stereocenters. The first-order valence-electron chi connectivity index (χ1n) is 9.88. The normalized spacial score (nSPS) is 11.9. The van der Waals surface area contributed by atoms with E-state index in [-0.39, 0.29) is 11.5 Å². The Morgan fingerprint density at radius 1 is 1.00 bits per heavy atom. The Kier molecular flexibility index (Phi) is 7.61. The number of carbonyl (C=O) groups excluding carboxylic acids is 2. The largest absolute Gasteiger partial charge is 0.742 e. The Balaban J connectivity index is 1.80. The zero-order valence-corrected chi connectivity index (χ0v) is 19.1. The van der Waals surface area contributed by atoms with Gasteiger partial charge < -0.3 is 19.2 Å². The summed E-state index contributed by atoms with van der Waals surface area (Å²) < 4.78 is 37.7. The lowest BCUT2D eigenvalue weighted by Gasteiger charge is -2.12. The number of hydrogen-bond donors (Lipinski definition) is 2. The maximum Gasteiger partial charge on any atom is 0.287 e. The van der Waals surface area contributed by atoms with Gasteiger partial charge in [-0.3, -0.25) is 9.59 Å². The number of nitrogens with zero attached hydrogens (tertiary/aromatic N) is 2. The van der Waals surface area contributed by atoms with Gasteiger partial charge in [0.25, 0.3) is 11.8 Å². The molecule has 2 aromatic carbocycles. The van der Waals surface area contributed by atoms with Gasteiger partial charge in [0.05, 0.1) is 6.21 Å². The van der Waals surface area contributed by atoms with E-state index in [1.165, 1.54) is 12.1 Å². The molecular formula is C23H21N4O6S-. The zero-order chi connectivity index (χ0) is 24.7. The van der Waals surface area contributed by atoms with E-state index in [4.69, 9.17) is 4.42 Å². The molecule has 2 N–H and O–H groups in total. The Labute approximate surface area is 196 Å². The molecule has 3 rings (SSSR count). The van der Waals surface area contributed by atoms with E-state index in [1.54, 1.807) is 42.5 Å². The van der Waals surface area contributed by atoms with Gasteiger partial charge in [-0.05, 0) is 48.0 Å². The highest BCUT2D eigenvalue weighted by Crippen LogP contribution is 2.15. The molecule has 1 heterocycles. The highest BCUT2D eigenvalue weighted by atomic mass is 32.2. The Morgan fingerprint density at radius 3 is 2.26 bits per heavy atom. The number of nitrogens with one attached hydrogen (secondary N) is 2. The molecule has 0 radical (unpaired) electrons. The van der Waals surface area contributed by atoms with Gasteiger partial charge >= 0.3 is 0 Å². The second kappa shape index (κ2) is 10.6. The summed E-state index contributed by atoms with van der Waals surface area (Å²) in [6.45, 7) is 0. The second-order valence-corrected chi connectivity index (χ2v) is 8.48. The Morgan fingerprint density at radius 2 is 1.68 bits per heavy atom. The zero-order valence-electron chi connectivity index (χ0n) is 18.3. The van der Waals surface area contributed by atoms with Crippen molar-refractivity contribution in [3.8, 4) is 0 Å². The van der Waals surface area contributed by atoms with E-state index in [0.717, 1.165) is 18.0 Å². The van der Waals surface area contributed by atoms with Gasteiger partial charge in [0.1, 0.15) is 11.5 Å². The van der Waals surface area contributed by atoms with Crippen molar-refractivity contribution in [2.75, 3.05) is 19.0 Å². The maximum atomic E-state index is 12.8. The summed E-state index contributed by atoms with van der Waals surface area (Å²) in [7, 11) is -0.947. The van der Waals surface area contributed by atoms with Crippen molar-refractivity contribution in [3.05, 3.63) is 89.3 Å². The smallest absolute Gasteiger partial charge is 0.287 e. The Bertz CT molecular complexity index is 1330. The molecule has 2 amide bonds. The minimum absolute atomic E-state index is 0.0622. The summed E-state index contributed by atoms with van der Waals surface area (Å²) in [5.74, 6) is -1.29. The number of carbonyl (C=O) groups is 2. The molecule has 0 saturated heterocycles. The van der Waals surface area contributed by atoms with Crippen LogP contribution in [0.15, 0.2) is 87.0 Å². The van der Waals surface area contributed by atoms with Crippen molar-refractivity contribution in [3.63, 3.8) is 0 Å². The maximum absolute atomic E-state index is 12.8. The lowest BCUT2D eigenvalue weighted by Crippen LogP contribution is -2.32. The number of rotatable bonds is 8. The quantitative estimate of drug-likeness (QED) is 0.217. The Hall–Kier alpha value is -4.22. The van der Waals surface area contributed by atoms with Crippen LogP contribution < -0.4 is 15.6 Å². The minimum atomic E-state index is -4.75. The van der Waals surface area contributed by atoms with E-state index >= 15 is 0 Å². The summed E-state index contributed by atoms with van der Waals surface area (Å²) in [5, 5.41) is 5.51. The number of anilines is 1. The predicted octanol–water partition coefficient (Wildman–Crippen LogP) is 2.17. The summed E-state index contributed by atoms with van der Waals surface area (Å²) in [5.41, 5.74) is 4.13. The van der Waals surface area contributed by atoms with Crippen LogP contribution in [0.3, 0.4) is 0 Å². The van der Waals surface area contributed by atoms with Gasteiger partial charge in [0, 0.05) is 25.3 Å². The predicted molar refractivity (Wildman–Crippen MR) is 125 cm³/mol. The van der Waals surface area contributed by atoms with Crippen LogP contribution in [0.4, 0.5) is 5.69 Å². The third kappa shape index (κ3) is 6.64. The average molecular weight is 482 g/mol. The van der Waals surface area contributed by atoms with E-state index in [1.807, 2.05) is 31.1 Å². The molecule has 11 heteroatoms. The molecule has 0 spiro atoms. The molecule has 176 valence electrons. The van der Waals surface area contributed by atoms with Crippen LogP contribution in [0, 0.1) is 0 Å². The van der Waals surface area contributed by atoms with Crippen molar-refractivity contribution in [2.45, 2.75) is 5.09 Å². The third-order valence-corrected chi connectivity index (χ3v) is 5.17. The summed E-state index contributed by atoms with van der Waals surface area (Å²) in [6.07, 6.45) is 2.51. The lowest BCUT2D eigenvalue weighted by molar-refractivity contribution is -0.117. The van der Waals surface area contributed by atoms with Crippen molar-refractivity contribution in [1.29, 1.82) is 0 Å². The number of furan rings is 1. The van der Waals surface area contributed by atoms with Gasteiger partial charge in [-0.1, -0.05) is 30.3 Å². The SMILES string of the molecule is CN(C)c1ccc(/C=C(/NC(=O)c2ccccc2)C(=O)N/N=C/c2ccc(S(=O)(=O)[O-])o2)cc1. The molecule has 0 bridgehead atoms. The molecule has 0 aliphatic carbocycles. The van der Waals surface area contributed by atoms with Gasteiger partial charge in [0.15, 0.2) is 10.1 Å². The van der Waals surface area contributed by atoms with Crippen molar-refractivity contribution in [2.24, 2.45) is 5.10 Å². The van der Waals surface area contributed by atoms with Crippen LogP contribution in [-0.2, 0) is 14.9 Å². The van der Waals surface area contributed by atoms with Crippen LogP contribution in [0.25, 0.3) is 6.08 Å². The molecule has 1 aromatic heterocycles. The van der Waals surface area contributed by atoms with E-state index in [9.17, 15) is 22.6 Å². The molecule has 10 nitrogen and oxygen atoms in total. The van der Waals surface area contributed by atoms with Crippen LogP contribution in [0.2, 0.25) is 0 Å². The van der Waals surface area contributed by atoms with Gasteiger partial charge in [0.2, 0.25) is 5.09 Å². The lowest BCUT2D eigenvalue weighted by atomic mass is 10.1. The van der Waals surface area contributed by atoms with Crippen LogP contribution in [-0.4, -0.2) is 45.1 Å². The monoisotopic (exact) mass is 481 g/mol. The molecular weight excluding hydrogens is 460 g/mol. The molecule has 3 aromatic rings. The van der Waals surface area contributed by atoms with Gasteiger partial charge in [-0.2, -0.15) is 5.10 Å². The minimum Gasteiger partial charge on any atom is -0.742 e. The van der Waals surface area contributed by atoms with Crippen LogP contribution >= 0.6 is 0 Å². The van der Waals surface area contributed by atoms with E-state index < -0.39 is 27.0 Å². The van der Waals surface area contributed by atoms with Gasteiger partial charge in [-0.15, -0.1) is 0 Å². The fraction of sp³-hybridized carbons (Fsp3) is 0.0870. The first-order valence-corrected chi connectivity index (χ1v) is 11.3. The average Bonchev–Trinajstić information content (AvgIpc) is 3.29. The number of hydrogen-bond acceptors (Lipinski definition) is 8. The molecule has 34 heavy (non-hydrogen) atoms. The fourth-order valence-electron chi connectivity index (χ4n) is 2.73. The number of hydrazone groups is 1. The molecule has 0 fully saturated rings. The van der Waals surface area contributed by atoms with Crippen LogP contribution in [0.5, 0.6) is 0 Å². The van der Waals surface area contributed by atoms with E-state index in [2.05, 4.69) is 15.8 Å². The third-order valence-electron chi connectivity index (χ3n) is 4.46. The van der Waals surface area contributed by atoms with Crippen molar-refractivity contribution in [1.82, 2.24) is 10.7 Å². The van der Waals surface area contributed by atoms with Crippen molar-refractivity contribution < 1.29 is 27.0 Å². The molecule has 0 aliphatic heterocycles. The van der Waals surface area contributed by atoms with Gasteiger partial charge in [-0.25, -0.2) is 13.8 Å². The molecule has 0 aliphatic rings. The first-order chi connectivity index (χ1) is 16.1. The standard InChI is InChI=1S/C23H22N4O6S/c1-27(2)18-10-8-16(9-11-18)14-20(25-22(28)17-6-4-3-5-7-17)23(29)26-24-15-19-12-13-21(33-19)34(30,31)32/h3-15H,1-2H3,(H,25,28)(H,26,29)(H,30,31,32)/p-1/b20-14+,24-15+. The summed E-state index contributed by atoms with van der Waals surface area (Å²) >= 11 is 0. The second-order valence-electron chi connectivity index (χ2n) is 7.17. The summed E-state index contributed by atoms with van der Waals surface area (Å²) in [6, 6.07) is 17.8.